The zero-order valence-electron chi connectivity index (χ0n) is 11.8. The van der Waals surface area contributed by atoms with Gasteiger partial charge in [-0.1, -0.05) is 32.0 Å². The summed E-state index contributed by atoms with van der Waals surface area (Å²) < 4.78 is 7.64. The maximum atomic E-state index is 5.73. The van der Waals surface area contributed by atoms with Crippen molar-refractivity contribution in [3.8, 4) is 0 Å². The Morgan fingerprint density at radius 3 is 2.79 bits per heavy atom. The van der Waals surface area contributed by atoms with E-state index in [1.807, 2.05) is 16.8 Å². The van der Waals surface area contributed by atoms with Gasteiger partial charge >= 0.3 is 0 Å². The standard InChI is InChI=1S/C15H23N3O/c1-12(2)7-9-19-10-8-18-15-6-4-3-5-13(15)14(11-16)17-18/h3-6,12H,7-11,16H2,1-2H3. The fourth-order valence-electron chi connectivity index (χ4n) is 2.09. The van der Waals surface area contributed by atoms with Crippen LogP contribution in [0, 0.1) is 5.92 Å². The number of benzene rings is 1. The Bertz CT molecular complexity index is 519. The molecule has 0 amide bonds. The number of fused-ring (bicyclic) bond motifs is 1. The number of hydrogen-bond acceptors (Lipinski definition) is 3. The third-order valence-electron chi connectivity index (χ3n) is 3.21. The van der Waals surface area contributed by atoms with Crippen molar-refractivity contribution < 1.29 is 4.74 Å². The minimum Gasteiger partial charge on any atom is -0.380 e. The minimum absolute atomic E-state index is 0.474. The summed E-state index contributed by atoms with van der Waals surface area (Å²) in [5, 5.41) is 5.70. The Morgan fingerprint density at radius 1 is 1.26 bits per heavy atom. The SMILES string of the molecule is CC(C)CCOCCn1nc(CN)c2ccccc21. The van der Waals surface area contributed by atoms with Crippen molar-refractivity contribution in [3.05, 3.63) is 30.0 Å². The van der Waals surface area contributed by atoms with Gasteiger partial charge < -0.3 is 10.5 Å². The topological polar surface area (TPSA) is 53.1 Å². The number of aromatic nitrogens is 2. The van der Waals surface area contributed by atoms with Gasteiger partial charge in [-0.15, -0.1) is 0 Å². The van der Waals surface area contributed by atoms with Gasteiger partial charge in [-0.2, -0.15) is 5.10 Å². The molecule has 1 aromatic heterocycles. The normalized spacial score (nSPS) is 11.6. The van der Waals surface area contributed by atoms with Gasteiger partial charge in [0.1, 0.15) is 0 Å². The lowest BCUT2D eigenvalue weighted by atomic mass is 10.1. The number of hydrogen-bond donors (Lipinski definition) is 1. The summed E-state index contributed by atoms with van der Waals surface area (Å²) in [6.45, 7) is 7.18. The molecule has 4 nitrogen and oxygen atoms in total. The van der Waals surface area contributed by atoms with Crippen LogP contribution in [0.15, 0.2) is 24.3 Å². The van der Waals surface area contributed by atoms with Crippen molar-refractivity contribution in [3.63, 3.8) is 0 Å². The van der Waals surface area contributed by atoms with Gasteiger partial charge in [-0.3, -0.25) is 4.68 Å². The van der Waals surface area contributed by atoms with Crippen LogP contribution in [0.2, 0.25) is 0 Å². The lowest BCUT2D eigenvalue weighted by molar-refractivity contribution is 0.115. The molecule has 0 saturated carbocycles. The Morgan fingerprint density at radius 2 is 2.05 bits per heavy atom. The molecule has 2 rings (SSSR count). The summed E-state index contributed by atoms with van der Waals surface area (Å²) in [5.74, 6) is 0.689. The van der Waals surface area contributed by atoms with Crippen LogP contribution in [0.1, 0.15) is 26.0 Å². The van der Waals surface area contributed by atoms with Gasteiger partial charge in [0.2, 0.25) is 0 Å². The highest BCUT2D eigenvalue weighted by Crippen LogP contribution is 2.17. The zero-order valence-corrected chi connectivity index (χ0v) is 11.8. The Labute approximate surface area is 114 Å². The molecule has 0 aliphatic rings. The molecule has 0 unspecified atom stereocenters. The predicted molar refractivity (Wildman–Crippen MR) is 77.9 cm³/mol. The number of nitrogens with zero attached hydrogens (tertiary/aromatic N) is 2. The molecule has 0 aliphatic heterocycles. The van der Waals surface area contributed by atoms with Crippen LogP contribution in [0.3, 0.4) is 0 Å². The van der Waals surface area contributed by atoms with Crippen molar-refractivity contribution >= 4 is 10.9 Å². The minimum atomic E-state index is 0.474. The van der Waals surface area contributed by atoms with Crippen LogP contribution < -0.4 is 5.73 Å². The van der Waals surface area contributed by atoms with Crippen LogP contribution in [-0.4, -0.2) is 23.0 Å². The highest BCUT2D eigenvalue weighted by atomic mass is 16.5. The second-order valence-electron chi connectivity index (χ2n) is 5.19. The molecule has 0 saturated heterocycles. The van der Waals surface area contributed by atoms with Crippen LogP contribution in [0.4, 0.5) is 0 Å². The highest BCUT2D eigenvalue weighted by Gasteiger charge is 2.08. The summed E-state index contributed by atoms with van der Waals surface area (Å²) in [7, 11) is 0. The van der Waals surface area contributed by atoms with E-state index in [2.05, 4.69) is 31.1 Å². The Kier molecular flexibility index (Phi) is 4.93. The fraction of sp³-hybridized carbons (Fsp3) is 0.533. The molecule has 104 valence electrons. The fourth-order valence-corrected chi connectivity index (χ4v) is 2.09. The molecular formula is C15H23N3O. The largest absolute Gasteiger partial charge is 0.380 e. The number of ether oxygens (including phenoxy) is 1. The molecule has 0 spiro atoms. The maximum Gasteiger partial charge on any atom is 0.0839 e. The highest BCUT2D eigenvalue weighted by molar-refractivity contribution is 5.81. The first-order valence-electron chi connectivity index (χ1n) is 6.94. The summed E-state index contributed by atoms with van der Waals surface area (Å²) in [4.78, 5) is 0. The summed E-state index contributed by atoms with van der Waals surface area (Å²) in [6.07, 6.45) is 1.11. The van der Waals surface area contributed by atoms with Crippen LogP contribution in [0.25, 0.3) is 10.9 Å². The van der Waals surface area contributed by atoms with Crippen molar-refractivity contribution in [2.75, 3.05) is 13.2 Å². The van der Waals surface area contributed by atoms with E-state index in [0.29, 0.717) is 19.1 Å². The van der Waals surface area contributed by atoms with Gasteiger partial charge in [-0.05, 0) is 18.4 Å². The van der Waals surface area contributed by atoms with Gasteiger partial charge in [0.15, 0.2) is 0 Å². The van der Waals surface area contributed by atoms with Gasteiger partial charge in [0.05, 0.1) is 24.4 Å². The van der Waals surface area contributed by atoms with Gasteiger partial charge in [0.25, 0.3) is 0 Å². The molecule has 19 heavy (non-hydrogen) atoms. The van der Waals surface area contributed by atoms with E-state index in [-0.39, 0.29) is 0 Å². The van der Waals surface area contributed by atoms with E-state index >= 15 is 0 Å². The molecule has 2 N–H and O–H groups in total. The molecule has 0 aliphatic carbocycles. The summed E-state index contributed by atoms with van der Waals surface area (Å²) in [5.41, 5.74) is 7.82. The van der Waals surface area contributed by atoms with Gasteiger partial charge in [-0.25, -0.2) is 0 Å². The summed E-state index contributed by atoms with van der Waals surface area (Å²) in [6, 6.07) is 8.20. The van der Waals surface area contributed by atoms with Crippen molar-refractivity contribution in [2.24, 2.45) is 11.7 Å². The molecule has 0 atom stereocenters. The molecule has 2 aromatic rings. The molecule has 0 radical (unpaired) electrons. The van der Waals surface area contributed by atoms with E-state index in [0.717, 1.165) is 36.2 Å². The first-order chi connectivity index (χ1) is 9.22. The van der Waals surface area contributed by atoms with Gasteiger partial charge in [0, 0.05) is 18.5 Å². The smallest absolute Gasteiger partial charge is 0.0839 e. The van der Waals surface area contributed by atoms with Crippen LogP contribution in [-0.2, 0) is 17.8 Å². The van der Waals surface area contributed by atoms with Crippen LogP contribution in [0.5, 0.6) is 0 Å². The zero-order chi connectivity index (χ0) is 13.7. The first-order valence-corrected chi connectivity index (χ1v) is 6.94. The summed E-state index contributed by atoms with van der Waals surface area (Å²) >= 11 is 0. The van der Waals surface area contributed by atoms with E-state index < -0.39 is 0 Å². The molecule has 0 bridgehead atoms. The van der Waals surface area contributed by atoms with Crippen molar-refractivity contribution in [1.82, 2.24) is 9.78 Å². The monoisotopic (exact) mass is 261 g/mol. The molecule has 0 fully saturated rings. The molecule has 1 aromatic carbocycles. The maximum absolute atomic E-state index is 5.73. The molecule has 1 heterocycles. The number of para-hydroxylation sites is 1. The first kappa shape index (κ1) is 14.0. The lowest BCUT2D eigenvalue weighted by Crippen LogP contribution is -2.09. The van der Waals surface area contributed by atoms with Crippen molar-refractivity contribution in [2.45, 2.75) is 33.4 Å². The third-order valence-corrected chi connectivity index (χ3v) is 3.21. The number of rotatable bonds is 7. The molecule has 4 heteroatoms. The van der Waals surface area contributed by atoms with E-state index in [1.54, 1.807) is 0 Å². The molecular weight excluding hydrogens is 238 g/mol. The average Bonchev–Trinajstić information content (AvgIpc) is 2.76. The third kappa shape index (κ3) is 3.55. The van der Waals surface area contributed by atoms with E-state index in [1.165, 1.54) is 0 Å². The quantitative estimate of drug-likeness (QED) is 0.779. The van der Waals surface area contributed by atoms with E-state index in [4.69, 9.17) is 10.5 Å². The second-order valence-corrected chi connectivity index (χ2v) is 5.19. The van der Waals surface area contributed by atoms with E-state index in [9.17, 15) is 0 Å². The van der Waals surface area contributed by atoms with Crippen molar-refractivity contribution in [1.29, 1.82) is 0 Å². The van der Waals surface area contributed by atoms with Crippen LogP contribution >= 0.6 is 0 Å². The Balaban J connectivity index is 1.97. The second kappa shape index (κ2) is 6.68. The number of nitrogens with two attached hydrogens (primary N) is 1. The Hall–Kier alpha value is -1.39. The predicted octanol–water partition coefficient (Wildman–Crippen LogP) is 2.56. The average molecular weight is 261 g/mol. The lowest BCUT2D eigenvalue weighted by Gasteiger charge is -2.07.